The average Bonchev–Trinajstić information content (AvgIpc) is 2.44. The molecule has 0 aliphatic rings. The lowest BCUT2D eigenvalue weighted by Crippen LogP contribution is -2.31. The summed E-state index contributed by atoms with van der Waals surface area (Å²) in [5, 5.41) is 3.42. The van der Waals surface area contributed by atoms with Gasteiger partial charge in [-0.3, -0.25) is 0 Å². The van der Waals surface area contributed by atoms with E-state index in [4.69, 9.17) is 4.74 Å². The van der Waals surface area contributed by atoms with Crippen LogP contribution in [0.5, 0.6) is 0 Å². The van der Waals surface area contributed by atoms with Crippen molar-refractivity contribution in [3.05, 3.63) is 35.6 Å². The minimum Gasteiger partial charge on any atom is -0.383 e. The number of benzene rings is 1. The summed E-state index contributed by atoms with van der Waals surface area (Å²) < 4.78 is 18.8. The predicted molar refractivity (Wildman–Crippen MR) is 82.4 cm³/mol. The van der Waals surface area contributed by atoms with Crippen LogP contribution in [-0.2, 0) is 11.2 Å². The van der Waals surface area contributed by atoms with Gasteiger partial charge in [-0.2, -0.15) is 0 Å². The van der Waals surface area contributed by atoms with Crippen LogP contribution in [0.4, 0.5) is 4.39 Å². The van der Waals surface area contributed by atoms with E-state index in [1.165, 1.54) is 12.8 Å². The van der Waals surface area contributed by atoms with E-state index in [1.807, 2.05) is 12.1 Å². The van der Waals surface area contributed by atoms with E-state index in [-0.39, 0.29) is 5.82 Å². The van der Waals surface area contributed by atoms with Crippen LogP contribution in [0, 0.1) is 17.7 Å². The molecule has 0 aromatic heterocycles. The smallest absolute Gasteiger partial charge is 0.126 e. The van der Waals surface area contributed by atoms with Gasteiger partial charge in [0.15, 0.2) is 0 Å². The van der Waals surface area contributed by atoms with Gasteiger partial charge in [-0.1, -0.05) is 44.9 Å². The molecule has 2 nitrogen and oxygen atoms in total. The number of rotatable bonds is 10. The monoisotopic (exact) mass is 281 g/mol. The number of hydrogen-bond donors (Lipinski definition) is 1. The zero-order valence-electron chi connectivity index (χ0n) is 13.0. The molecule has 2 atom stereocenters. The van der Waals surface area contributed by atoms with Crippen molar-refractivity contribution in [2.75, 3.05) is 26.8 Å². The zero-order valence-corrected chi connectivity index (χ0v) is 13.0. The van der Waals surface area contributed by atoms with Gasteiger partial charge in [0.25, 0.3) is 0 Å². The molecule has 1 rings (SSSR count). The van der Waals surface area contributed by atoms with Crippen molar-refractivity contribution in [2.24, 2.45) is 11.8 Å². The van der Waals surface area contributed by atoms with Gasteiger partial charge in [-0.05, 0) is 36.4 Å². The van der Waals surface area contributed by atoms with Crippen molar-refractivity contribution in [2.45, 2.75) is 33.1 Å². The van der Waals surface area contributed by atoms with Gasteiger partial charge in [0, 0.05) is 13.7 Å². The van der Waals surface area contributed by atoms with Crippen LogP contribution >= 0.6 is 0 Å². The second-order valence-electron chi connectivity index (χ2n) is 5.52. The molecule has 0 amide bonds. The molecule has 3 heteroatoms. The first kappa shape index (κ1) is 17.1. The number of methoxy groups -OCH3 is 1. The summed E-state index contributed by atoms with van der Waals surface area (Å²) in [6, 6.07) is 7.11. The highest BCUT2D eigenvalue weighted by molar-refractivity contribution is 5.18. The van der Waals surface area contributed by atoms with Gasteiger partial charge in [-0.25, -0.2) is 4.39 Å². The Labute approximate surface area is 122 Å². The second kappa shape index (κ2) is 9.89. The third-order valence-electron chi connectivity index (χ3n) is 3.88. The van der Waals surface area contributed by atoms with Crippen LogP contribution < -0.4 is 5.32 Å². The molecule has 0 radical (unpaired) electrons. The Balaban J connectivity index is 2.59. The number of ether oxygens (including phenoxy) is 1. The first-order valence-electron chi connectivity index (χ1n) is 7.62. The molecule has 0 bridgehead atoms. The molecule has 0 spiro atoms. The molecule has 0 aliphatic carbocycles. The Kier molecular flexibility index (Phi) is 8.47. The van der Waals surface area contributed by atoms with Crippen molar-refractivity contribution >= 4 is 0 Å². The SMILES string of the molecule is CCCC(C)C(CNCCOC)Cc1ccccc1F. The van der Waals surface area contributed by atoms with Gasteiger partial charge in [0.1, 0.15) is 5.82 Å². The maximum atomic E-state index is 13.8. The number of nitrogens with one attached hydrogen (secondary N) is 1. The van der Waals surface area contributed by atoms with Crippen molar-refractivity contribution in [3.63, 3.8) is 0 Å². The van der Waals surface area contributed by atoms with Gasteiger partial charge in [0.2, 0.25) is 0 Å². The topological polar surface area (TPSA) is 21.3 Å². The highest BCUT2D eigenvalue weighted by Crippen LogP contribution is 2.22. The molecular weight excluding hydrogens is 253 g/mol. The van der Waals surface area contributed by atoms with E-state index in [0.717, 1.165) is 25.1 Å². The number of hydrogen-bond acceptors (Lipinski definition) is 2. The van der Waals surface area contributed by atoms with E-state index in [1.54, 1.807) is 19.2 Å². The summed E-state index contributed by atoms with van der Waals surface area (Å²) in [4.78, 5) is 0. The third kappa shape index (κ3) is 6.02. The van der Waals surface area contributed by atoms with Crippen molar-refractivity contribution in [1.82, 2.24) is 5.32 Å². The second-order valence-corrected chi connectivity index (χ2v) is 5.52. The summed E-state index contributed by atoms with van der Waals surface area (Å²) in [5.41, 5.74) is 0.828. The fourth-order valence-electron chi connectivity index (χ4n) is 2.57. The normalized spacial score (nSPS) is 14.2. The summed E-state index contributed by atoms with van der Waals surface area (Å²) >= 11 is 0. The predicted octanol–water partition coefficient (Wildman–Crippen LogP) is 3.66. The molecule has 0 saturated heterocycles. The van der Waals surface area contributed by atoms with Gasteiger partial charge in [0.05, 0.1) is 6.61 Å². The lowest BCUT2D eigenvalue weighted by Gasteiger charge is -2.24. The van der Waals surface area contributed by atoms with Gasteiger partial charge >= 0.3 is 0 Å². The first-order valence-corrected chi connectivity index (χ1v) is 7.62. The summed E-state index contributed by atoms with van der Waals surface area (Å²) in [6.45, 7) is 6.96. The standard InChI is InChI=1S/C17H28FNO/c1-4-7-14(2)16(13-19-10-11-20-3)12-15-8-5-6-9-17(15)18/h5-6,8-9,14,16,19H,4,7,10-13H2,1-3H3. The van der Waals surface area contributed by atoms with Crippen LogP contribution in [0.15, 0.2) is 24.3 Å². The molecule has 0 saturated carbocycles. The Morgan fingerprint density at radius 2 is 2.05 bits per heavy atom. The van der Waals surface area contributed by atoms with Crippen molar-refractivity contribution in [3.8, 4) is 0 Å². The van der Waals surface area contributed by atoms with E-state index >= 15 is 0 Å². The molecule has 1 aromatic carbocycles. The molecule has 0 heterocycles. The average molecular weight is 281 g/mol. The van der Waals surface area contributed by atoms with E-state index in [9.17, 15) is 4.39 Å². The Morgan fingerprint density at radius 3 is 2.70 bits per heavy atom. The summed E-state index contributed by atoms with van der Waals surface area (Å²) in [5.74, 6) is 0.969. The summed E-state index contributed by atoms with van der Waals surface area (Å²) in [6.07, 6.45) is 3.16. The molecule has 20 heavy (non-hydrogen) atoms. The molecule has 114 valence electrons. The lowest BCUT2D eigenvalue weighted by atomic mass is 9.85. The summed E-state index contributed by atoms with van der Waals surface area (Å²) in [7, 11) is 1.71. The lowest BCUT2D eigenvalue weighted by molar-refractivity contribution is 0.195. The largest absolute Gasteiger partial charge is 0.383 e. The molecule has 1 N–H and O–H groups in total. The fourth-order valence-corrected chi connectivity index (χ4v) is 2.57. The van der Waals surface area contributed by atoms with Gasteiger partial charge in [-0.15, -0.1) is 0 Å². The minimum atomic E-state index is -0.0851. The quantitative estimate of drug-likeness (QED) is 0.661. The molecular formula is C17H28FNO. The Hall–Kier alpha value is -0.930. The van der Waals surface area contributed by atoms with Crippen molar-refractivity contribution in [1.29, 1.82) is 0 Å². The minimum absolute atomic E-state index is 0.0851. The first-order chi connectivity index (χ1) is 9.69. The molecule has 0 aliphatic heterocycles. The maximum absolute atomic E-state index is 13.8. The van der Waals surface area contributed by atoms with Crippen molar-refractivity contribution < 1.29 is 9.13 Å². The maximum Gasteiger partial charge on any atom is 0.126 e. The zero-order chi connectivity index (χ0) is 14.8. The van der Waals surface area contributed by atoms with E-state index in [0.29, 0.717) is 18.4 Å². The molecule has 0 fully saturated rings. The van der Waals surface area contributed by atoms with Crippen LogP contribution in [0.3, 0.4) is 0 Å². The highest BCUT2D eigenvalue weighted by Gasteiger charge is 2.18. The Bertz CT molecular complexity index is 370. The third-order valence-corrected chi connectivity index (χ3v) is 3.88. The molecule has 2 unspecified atom stereocenters. The number of halogens is 1. The van der Waals surface area contributed by atoms with Crippen LogP contribution in [-0.4, -0.2) is 26.8 Å². The molecule has 1 aromatic rings. The van der Waals surface area contributed by atoms with Crippen LogP contribution in [0.2, 0.25) is 0 Å². The van der Waals surface area contributed by atoms with E-state index < -0.39 is 0 Å². The van der Waals surface area contributed by atoms with Crippen LogP contribution in [0.1, 0.15) is 32.3 Å². The van der Waals surface area contributed by atoms with E-state index in [2.05, 4.69) is 19.2 Å². The highest BCUT2D eigenvalue weighted by atomic mass is 19.1. The van der Waals surface area contributed by atoms with Crippen LogP contribution in [0.25, 0.3) is 0 Å². The fraction of sp³-hybridized carbons (Fsp3) is 0.647. The Morgan fingerprint density at radius 1 is 1.30 bits per heavy atom. The van der Waals surface area contributed by atoms with Gasteiger partial charge < -0.3 is 10.1 Å².